The summed E-state index contributed by atoms with van der Waals surface area (Å²) in [5, 5.41) is 30.2. The van der Waals surface area contributed by atoms with Gasteiger partial charge in [-0.05, 0) is 23.6 Å². The van der Waals surface area contributed by atoms with Gasteiger partial charge in [-0.25, -0.2) is 5.21 Å². The van der Waals surface area contributed by atoms with Crippen LogP contribution in [0.4, 0.5) is 5.69 Å². The first-order valence-electron chi connectivity index (χ1n) is 10.6. The van der Waals surface area contributed by atoms with E-state index in [1.54, 1.807) is 23.1 Å². The first kappa shape index (κ1) is 20.7. The molecule has 32 heavy (non-hydrogen) atoms. The molecule has 2 aliphatic rings. The minimum atomic E-state index is -1.05. The monoisotopic (exact) mass is 436 g/mol. The highest BCUT2D eigenvalue weighted by Gasteiger charge is 2.48. The summed E-state index contributed by atoms with van der Waals surface area (Å²) < 4.78 is 0. The molecule has 0 radical (unpaired) electrons. The van der Waals surface area contributed by atoms with Crippen LogP contribution in [0.2, 0.25) is 0 Å². The summed E-state index contributed by atoms with van der Waals surface area (Å²) in [6, 6.07) is 13.1. The fourth-order valence-corrected chi connectivity index (χ4v) is 4.96. The highest BCUT2D eigenvalue weighted by molar-refractivity contribution is 5.97. The minimum Gasteiger partial charge on any atom is -0.595 e. The molecule has 3 atom stereocenters. The van der Waals surface area contributed by atoms with Crippen molar-refractivity contribution in [3.05, 3.63) is 70.6 Å². The molecule has 166 valence electrons. The highest BCUT2D eigenvalue weighted by Crippen LogP contribution is 2.42. The van der Waals surface area contributed by atoms with Crippen molar-refractivity contribution in [1.29, 1.82) is 0 Å². The molecule has 3 aromatic rings. The van der Waals surface area contributed by atoms with Gasteiger partial charge in [-0.15, -0.1) is 0 Å². The standard InChI is InChI=1S/C23H24N4O5/c28-10-4-9-25-13-20(29)26-19(23(25)30)12-17-16-7-1-2-8-18(16)24-21(17)22(26)14-5-3-6-15(11-14)27(31)32/h1-3,5-8,11,19,22,24,27-28,31H,4,9-10,12-13H2. The average Bonchev–Trinajstić information content (AvgIpc) is 3.17. The fraction of sp³-hybridized carbons (Fsp3) is 0.304. The molecule has 1 saturated heterocycles. The van der Waals surface area contributed by atoms with E-state index in [0.29, 0.717) is 24.9 Å². The number of hydrogen-bond donors (Lipinski definition) is 4. The van der Waals surface area contributed by atoms with Crippen LogP contribution < -0.4 is 5.23 Å². The van der Waals surface area contributed by atoms with Gasteiger partial charge in [0.2, 0.25) is 11.8 Å². The van der Waals surface area contributed by atoms with Crippen LogP contribution in [-0.2, 0) is 16.0 Å². The maximum Gasteiger partial charge on any atom is 0.246 e. The van der Waals surface area contributed by atoms with Crippen LogP contribution >= 0.6 is 0 Å². The second-order valence-corrected chi connectivity index (χ2v) is 8.25. The number of rotatable bonds is 5. The number of hydrogen-bond acceptors (Lipinski definition) is 5. The Kier molecular flexibility index (Phi) is 5.18. The number of nitrogens with zero attached hydrogens (tertiary/aromatic N) is 2. The molecule has 0 aliphatic carbocycles. The molecule has 2 aromatic carbocycles. The highest BCUT2D eigenvalue weighted by atomic mass is 16.8. The van der Waals surface area contributed by atoms with Crippen molar-refractivity contribution in [2.24, 2.45) is 0 Å². The number of piperazine rings is 1. The molecular weight excluding hydrogens is 412 g/mol. The number of carbonyl (C=O) groups excluding carboxylic acids is 2. The Morgan fingerprint density at radius 1 is 1.16 bits per heavy atom. The van der Waals surface area contributed by atoms with Gasteiger partial charge in [-0.1, -0.05) is 30.3 Å². The second kappa shape index (κ2) is 8.03. The smallest absolute Gasteiger partial charge is 0.246 e. The molecule has 3 unspecified atom stereocenters. The van der Waals surface area contributed by atoms with Crippen molar-refractivity contribution in [3.8, 4) is 0 Å². The average molecular weight is 436 g/mol. The van der Waals surface area contributed by atoms with Gasteiger partial charge >= 0.3 is 0 Å². The summed E-state index contributed by atoms with van der Waals surface area (Å²) >= 11 is 0. The van der Waals surface area contributed by atoms with Gasteiger partial charge in [0.15, 0.2) is 5.69 Å². The van der Waals surface area contributed by atoms with Crippen LogP contribution in [0.25, 0.3) is 10.9 Å². The Balaban J connectivity index is 1.67. The molecule has 0 spiro atoms. The van der Waals surface area contributed by atoms with E-state index in [-0.39, 0.29) is 30.7 Å². The van der Waals surface area contributed by atoms with E-state index in [1.165, 1.54) is 11.0 Å². The van der Waals surface area contributed by atoms with Crippen molar-refractivity contribution in [2.45, 2.75) is 24.9 Å². The molecule has 9 nitrogen and oxygen atoms in total. The molecule has 1 aromatic heterocycles. The molecule has 1 fully saturated rings. The summed E-state index contributed by atoms with van der Waals surface area (Å²) in [6.07, 6.45) is 0.794. The Labute approximate surface area is 184 Å². The van der Waals surface area contributed by atoms with E-state index in [4.69, 9.17) is 0 Å². The van der Waals surface area contributed by atoms with Gasteiger partial charge in [0.25, 0.3) is 0 Å². The Morgan fingerprint density at radius 2 is 1.97 bits per heavy atom. The lowest BCUT2D eigenvalue weighted by molar-refractivity contribution is -0.991. The van der Waals surface area contributed by atoms with E-state index >= 15 is 0 Å². The van der Waals surface area contributed by atoms with E-state index in [9.17, 15) is 25.1 Å². The molecule has 2 amide bonds. The maximum absolute atomic E-state index is 13.4. The topological polar surface area (TPSA) is 124 Å². The number of aromatic nitrogens is 1. The van der Waals surface area contributed by atoms with E-state index in [0.717, 1.165) is 22.2 Å². The number of H-pyrrole nitrogens is 1. The van der Waals surface area contributed by atoms with Gasteiger partial charge < -0.3 is 25.1 Å². The molecule has 0 saturated carbocycles. The van der Waals surface area contributed by atoms with E-state index < -0.39 is 17.3 Å². The van der Waals surface area contributed by atoms with Crippen LogP contribution in [0.5, 0.6) is 0 Å². The Hall–Kier alpha value is -3.24. The Bertz CT molecular complexity index is 1190. The molecule has 3 heterocycles. The lowest BCUT2D eigenvalue weighted by Crippen LogP contribution is -2.99. The minimum absolute atomic E-state index is 0.0520. The van der Waals surface area contributed by atoms with Crippen LogP contribution in [0.1, 0.15) is 29.3 Å². The largest absolute Gasteiger partial charge is 0.595 e. The zero-order chi connectivity index (χ0) is 22.4. The van der Waals surface area contributed by atoms with Gasteiger partial charge in [0.1, 0.15) is 6.04 Å². The number of aromatic amines is 1. The number of quaternary nitrogens is 1. The molecule has 4 N–H and O–H groups in total. The summed E-state index contributed by atoms with van der Waals surface area (Å²) in [5.74, 6) is -0.337. The molecule has 0 bridgehead atoms. The molecular formula is C23H24N4O5. The van der Waals surface area contributed by atoms with Crippen LogP contribution in [0.3, 0.4) is 0 Å². The summed E-state index contributed by atoms with van der Waals surface area (Å²) in [7, 11) is 0. The quantitative estimate of drug-likeness (QED) is 0.437. The predicted octanol–water partition coefficient (Wildman–Crippen LogP) is 0.639. The van der Waals surface area contributed by atoms with Crippen molar-refractivity contribution in [1.82, 2.24) is 14.8 Å². The molecule has 2 aliphatic heterocycles. The first-order valence-corrected chi connectivity index (χ1v) is 10.6. The lowest BCUT2D eigenvalue weighted by Gasteiger charge is -2.47. The lowest BCUT2D eigenvalue weighted by atomic mass is 9.86. The number of amides is 2. The third kappa shape index (κ3) is 3.26. The Morgan fingerprint density at radius 3 is 2.75 bits per heavy atom. The van der Waals surface area contributed by atoms with E-state index in [1.807, 2.05) is 24.3 Å². The number of para-hydroxylation sites is 1. The molecule has 9 heteroatoms. The van der Waals surface area contributed by atoms with Crippen molar-refractivity contribution >= 4 is 28.4 Å². The third-order valence-electron chi connectivity index (χ3n) is 6.38. The number of carbonyl (C=O) groups is 2. The molecule has 5 rings (SSSR count). The number of nitrogens with one attached hydrogen (secondary N) is 2. The summed E-state index contributed by atoms with van der Waals surface area (Å²) in [4.78, 5) is 33.2. The predicted molar refractivity (Wildman–Crippen MR) is 115 cm³/mol. The SMILES string of the molecule is O=C1C2Cc3c([nH]c4ccccc34)C(c3cccc([NH+]([O-])O)c3)N2C(=O)CN1CCCO. The van der Waals surface area contributed by atoms with E-state index in [2.05, 4.69) is 4.98 Å². The van der Waals surface area contributed by atoms with Crippen LogP contribution in [0.15, 0.2) is 48.5 Å². The number of aliphatic hydroxyl groups is 1. The zero-order valence-electron chi connectivity index (χ0n) is 17.3. The zero-order valence-corrected chi connectivity index (χ0v) is 17.3. The number of fused-ring (bicyclic) bond motifs is 4. The van der Waals surface area contributed by atoms with Gasteiger partial charge in [-0.3, -0.25) is 9.59 Å². The van der Waals surface area contributed by atoms with Gasteiger partial charge in [-0.2, -0.15) is 5.23 Å². The van der Waals surface area contributed by atoms with Crippen molar-refractivity contribution < 1.29 is 25.1 Å². The fourth-order valence-electron chi connectivity index (χ4n) is 4.96. The summed E-state index contributed by atoms with van der Waals surface area (Å²) in [6.45, 7) is 0.217. The van der Waals surface area contributed by atoms with Crippen molar-refractivity contribution in [2.75, 3.05) is 19.7 Å². The second-order valence-electron chi connectivity index (χ2n) is 8.25. The van der Waals surface area contributed by atoms with Gasteiger partial charge in [0, 0.05) is 48.3 Å². The first-order chi connectivity index (χ1) is 15.5. The normalized spacial score (nSPS) is 21.6. The van der Waals surface area contributed by atoms with Crippen molar-refractivity contribution in [3.63, 3.8) is 0 Å². The van der Waals surface area contributed by atoms with Gasteiger partial charge in [0.05, 0.1) is 12.6 Å². The van der Waals surface area contributed by atoms with Crippen LogP contribution in [-0.4, -0.2) is 62.7 Å². The third-order valence-corrected chi connectivity index (χ3v) is 6.38. The van der Waals surface area contributed by atoms with Crippen LogP contribution in [0, 0.1) is 5.21 Å². The number of benzene rings is 2. The number of aliphatic hydroxyl groups excluding tert-OH is 1. The maximum atomic E-state index is 13.4. The summed E-state index contributed by atoms with van der Waals surface area (Å²) in [5.41, 5.74) is 3.47.